The van der Waals surface area contributed by atoms with Crippen molar-refractivity contribution in [1.29, 1.82) is 0 Å². The van der Waals surface area contributed by atoms with Gasteiger partial charge in [0.25, 0.3) is 0 Å². The lowest BCUT2D eigenvalue weighted by Gasteiger charge is -2.59. The fourth-order valence-electron chi connectivity index (χ4n) is 3.47. The van der Waals surface area contributed by atoms with E-state index in [4.69, 9.17) is 452 Å². The Bertz CT molecular complexity index is 1640. The topological polar surface area (TPSA) is 37.3 Å². The Labute approximate surface area is 540 Å². The SMILES string of the molecule is O=C(O)C(Cl)(Cl)C(Cl)(Cl)C(Cl)(Cl)C(Cl)(Cl)C(Cl)(Cl)C(Cl)(Cl)C(Cl)(Cl)C(Cl)(Cl)C(Cl)(Cl)C(Cl)(Cl)C(Cl)(Cl)C(Cl)(Cl)C(Cl)(Cl)C(Cl)(Cl)C(Cl)(Cl)C(Cl)(Cl)C(Cl)(Cl)C(Cl)(Cl)C(Cl)(Cl)Cl. The van der Waals surface area contributed by atoms with E-state index in [2.05, 4.69) is 0 Å². The summed E-state index contributed by atoms with van der Waals surface area (Å²) in [6.07, 6.45) is 0. The van der Waals surface area contributed by atoms with Gasteiger partial charge in [-0.1, -0.05) is 452 Å². The van der Waals surface area contributed by atoms with Gasteiger partial charge in [-0.3, -0.25) is 0 Å². The molecule has 41 heteroatoms. The highest BCUT2D eigenvalue weighted by Gasteiger charge is 2.89. The second kappa shape index (κ2) is 21.1. The fourth-order valence-corrected chi connectivity index (χ4v) is 16.8. The third-order valence-corrected chi connectivity index (χ3v) is 35.5. The van der Waals surface area contributed by atoms with Crippen LogP contribution in [-0.4, -0.2) is 92.9 Å². The smallest absolute Gasteiger partial charge is 0.343 e. The summed E-state index contributed by atoms with van der Waals surface area (Å²) in [5.41, 5.74) is 0. The highest BCUT2D eigenvalue weighted by Crippen LogP contribution is 2.79. The Morgan fingerprint density at radius 3 is 0.393 bits per heavy atom. The van der Waals surface area contributed by atoms with Gasteiger partial charge in [0.2, 0.25) is 12.5 Å². The number of halogens is 39. The Hall–Kier alpha value is 10.8. The second-order valence-corrected chi connectivity index (χ2v) is 37.3. The van der Waals surface area contributed by atoms with Crippen LogP contribution in [0.15, 0.2) is 0 Å². The first kappa shape index (κ1) is 71.8. The quantitative estimate of drug-likeness (QED) is 0.139. The molecule has 61 heavy (non-hydrogen) atoms. The van der Waals surface area contributed by atoms with Gasteiger partial charge in [0.1, 0.15) is 0 Å². The largest absolute Gasteiger partial charge is 0.479 e. The molecule has 0 amide bonds. The summed E-state index contributed by atoms with van der Waals surface area (Å²) in [4.78, 5) is 11.8. The first-order chi connectivity index (χ1) is 25.4. The molecule has 0 fully saturated rings. The number of carboxylic acid groups (broad SMARTS) is 1. The van der Waals surface area contributed by atoms with Crippen molar-refractivity contribution >= 4 is 458 Å². The zero-order valence-electron chi connectivity index (χ0n) is 25.6. The molecule has 366 valence electrons. The standard InChI is InChI=1S/C20HCl39O2/c21-2(22,1(60)61)3(23,24)4(25,26)5(27,28)6(29,30)7(31,32)8(33,34)9(35,36)10(37,38)11(39,40)12(41,42)13(43,44)14(45,46)15(47,48)16(49,50)17(51,52)18(53,54)19(55,56)20(57,58)59/h(H,60,61). The normalized spacial score (nSPS) is 17.2. The van der Waals surface area contributed by atoms with E-state index >= 15 is 0 Å². The Balaban J connectivity index is 7.96. The number of carboxylic acids is 1. The molecule has 0 saturated carbocycles. The molecule has 0 heterocycles. The van der Waals surface area contributed by atoms with Crippen LogP contribution in [0.1, 0.15) is 0 Å². The maximum absolute atomic E-state index is 11.8. The molecule has 0 rings (SSSR count). The number of hydrogen-bond donors (Lipinski definition) is 1. The fraction of sp³-hybridized carbons (Fsp3) is 0.950. The molecule has 0 atom stereocenters. The van der Waals surface area contributed by atoms with E-state index in [1.807, 2.05) is 0 Å². The monoisotopic (exact) mass is 1640 g/mol. The Morgan fingerprint density at radius 2 is 0.295 bits per heavy atom. The first-order valence-electron chi connectivity index (χ1n) is 12.5. The number of aliphatic carboxylic acids is 1. The summed E-state index contributed by atoms with van der Waals surface area (Å²) in [6.45, 7) is 0. The van der Waals surface area contributed by atoms with Crippen LogP contribution < -0.4 is 0 Å². The summed E-state index contributed by atoms with van der Waals surface area (Å²) in [6, 6.07) is 0. The van der Waals surface area contributed by atoms with Gasteiger partial charge in [-0.2, -0.15) is 0 Å². The van der Waals surface area contributed by atoms with E-state index < -0.39 is 87.8 Å². The average Bonchev–Trinajstić information content (AvgIpc) is 3.02. The van der Waals surface area contributed by atoms with Crippen molar-refractivity contribution in [3.05, 3.63) is 0 Å². The Kier molecular flexibility index (Phi) is 24.8. The number of hydrogen-bond acceptors (Lipinski definition) is 1. The molecule has 0 aromatic rings. The van der Waals surface area contributed by atoms with Gasteiger partial charge in [-0.15, -0.1) is 0 Å². The first-order valence-corrected chi connectivity index (χ1v) is 27.3. The molecule has 0 aliphatic carbocycles. The average molecular weight is 1660 g/mol. The van der Waals surface area contributed by atoms with Gasteiger partial charge in [0.15, 0.2) is 69.3 Å². The minimum absolute atomic E-state index is 2.21. The maximum atomic E-state index is 11.8. The van der Waals surface area contributed by atoms with Crippen LogP contribution in [0.25, 0.3) is 0 Å². The van der Waals surface area contributed by atoms with E-state index in [0.29, 0.717) is 0 Å². The van der Waals surface area contributed by atoms with Crippen molar-refractivity contribution in [2.45, 2.75) is 81.8 Å². The van der Waals surface area contributed by atoms with E-state index in [1.165, 1.54) is 0 Å². The molecule has 0 aromatic heterocycles. The predicted molar refractivity (Wildman–Crippen MR) is 288 cm³/mol. The number of rotatable bonds is 18. The summed E-state index contributed by atoms with van der Waals surface area (Å²) < 4.78 is -68.2. The lowest BCUT2D eigenvalue weighted by molar-refractivity contribution is -0.138. The van der Waals surface area contributed by atoms with Crippen LogP contribution in [0.4, 0.5) is 0 Å². The zero-order chi connectivity index (χ0) is 51.1. The molecule has 0 aromatic carbocycles. The molecular weight excluding hydrogens is 1650 g/mol. The van der Waals surface area contributed by atoms with E-state index in [0.717, 1.165) is 0 Å². The molecule has 0 aliphatic heterocycles. The van der Waals surface area contributed by atoms with Crippen LogP contribution >= 0.6 is 452 Å². The highest BCUT2D eigenvalue weighted by atomic mass is 35.6. The zero-order valence-corrected chi connectivity index (χ0v) is 55.1. The third-order valence-electron chi connectivity index (χ3n) is 7.33. The summed E-state index contributed by atoms with van der Waals surface area (Å²) >= 11 is 248. The van der Waals surface area contributed by atoms with Crippen molar-refractivity contribution in [3.63, 3.8) is 0 Å². The van der Waals surface area contributed by atoms with Gasteiger partial charge in [-0.05, 0) is 0 Å². The number of carbonyl (C=O) groups is 1. The van der Waals surface area contributed by atoms with Gasteiger partial charge in [-0.25, -0.2) is 4.79 Å². The van der Waals surface area contributed by atoms with E-state index in [1.54, 1.807) is 0 Å². The van der Waals surface area contributed by atoms with Crippen molar-refractivity contribution in [2.75, 3.05) is 0 Å². The van der Waals surface area contributed by atoms with Crippen LogP contribution in [0.3, 0.4) is 0 Å². The molecule has 0 radical (unpaired) electrons. The molecule has 0 aliphatic rings. The van der Waals surface area contributed by atoms with Crippen molar-refractivity contribution in [3.8, 4) is 0 Å². The molecule has 0 saturated heterocycles. The molecule has 0 unspecified atom stereocenters. The molecular formula is C20HCl39O2. The third kappa shape index (κ3) is 10.5. The van der Waals surface area contributed by atoms with Crippen molar-refractivity contribution in [1.82, 2.24) is 0 Å². The van der Waals surface area contributed by atoms with Crippen LogP contribution in [0, 0.1) is 0 Å². The lowest BCUT2D eigenvalue weighted by atomic mass is 9.96. The minimum atomic E-state index is -3.81. The van der Waals surface area contributed by atoms with Gasteiger partial charge in [0, 0.05) is 0 Å². The van der Waals surface area contributed by atoms with E-state index in [9.17, 15) is 9.90 Å². The van der Waals surface area contributed by atoms with E-state index in [-0.39, 0.29) is 0 Å². The summed E-state index contributed by atoms with van der Waals surface area (Å²) in [5.74, 6) is -2.21. The van der Waals surface area contributed by atoms with Gasteiger partial charge in [0.05, 0.1) is 0 Å². The summed E-state index contributed by atoms with van der Waals surface area (Å²) in [7, 11) is 0. The molecule has 1 N–H and O–H groups in total. The van der Waals surface area contributed by atoms with Gasteiger partial charge >= 0.3 is 5.97 Å². The maximum Gasteiger partial charge on any atom is 0.343 e. The lowest BCUT2D eigenvalue weighted by Crippen LogP contribution is -2.76. The van der Waals surface area contributed by atoms with Crippen LogP contribution in [0.5, 0.6) is 0 Å². The minimum Gasteiger partial charge on any atom is -0.479 e. The second-order valence-electron chi connectivity index (χ2n) is 11.1. The van der Waals surface area contributed by atoms with Gasteiger partial charge < -0.3 is 5.11 Å². The highest BCUT2D eigenvalue weighted by molar-refractivity contribution is 6.87. The molecule has 2 nitrogen and oxygen atoms in total. The predicted octanol–water partition coefficient (Wildman–Crippen LogP) is 22.6. The van der Waals surface area contributed by atoms with Crippen molar-refractivity contribution in [2.24, 2.45) is 0 Å². The van der Waals surface area contributed by atoms with Crippen molar-refractivity contribution < 1.29 is 9.90 Å². The van der Waals surface area contributed by atoms with Crippen LogP contribution in [-0.2, 0) is 4.79 Å². The number of alkyl halides is 39. The molecule has 0 bridgehead atoms. The molecule has 0 spiro atoms. The van der Waals surface area contributed by atoms with Crippen LogP contribution in [0.2, 0.25) is 0 Å². The summed E-state index contributed by atoms with van der Waals surface area (Å²) in [5, 5.41) is 9.54. The Morgan fingerprint density at radius 1 is 0.197 bits per heavy atom.